The minimum absolute atomic E-state index is 0.242. The van der Waals surface area contributed by atoms with Gasteiger partial charge in [-0.2, -0.15) is 5.10 Å². The zero-order valence-electron chi connectivity index (χ0n) is 15.2. The fourth-order valence-electron chi connectivity index (χ4n) is 2.50. The summed E-state index contributed by atoms with van der Waals surface area (Å²) in [5.41, 5.74) is 5.73. The number of amides is 1. The molecule has 3 rings (SSSR count). The summed E-state index contributed by atoms with van der Waals surface area (Å²) in [6.07, 6.45) is 1.58. The molecule has 0 saturated heterocycles. The standard InChI is InChI=1S/C22H18Cl2N2O2/c1-15-4-2-3-5-20(15)22(27)26-25-13-16-6-10-19(11-7-16)28-14-17-8-9-18(23)12-21(17)24/h2-13H,14H2,1H3,(H,26,27)/b25-13+. The Morgan fingerprint density at radius 1 is 1.07 bits per heavy atom. The lowest BCUT2D eigenvalue weighted by molar-refractivity contribution is 0.0954. The van der Waals surface area contributed by atoms with E-state index in [2.05, 4.69) is 10.5 Å². The summed E-state index contributed by atoms with van der Waals surface area (Å²) in [5.74, 6) is 0.459. The number of nitrogens with one attached hydrogen (secondary N) is 1. The molecule has 0 heterocycles. The highest BCUT2D eigenvalue weighted by molar-refractivity contribution is 6.35. The first-order valence-corrected chi connectivity index (χ1v) is 9.34. The Morgan fingerprint density at radius 3 is 2.54 bits per heavy atom. The van der Waals surface area contributed by atoms with Gasteiger partial charge in [0.25, 0.3) is 5.91 Å². The van der Waals surface area contributed by atoms with E-state index in [1.54, 1.807) is 24.4 Å². The Kier molecular flexibility index (Phi) is 6.69. The van der Waals surface area contributed by atoms with Gasteiger partial charge in [-0.1, -0.05) is 47.5 Å². The summed E-state index contributed by atoms with van der Waals surface area (Å²) in [6, 6.07) is 20.0. The minimum atomic E-state index is -0.242. The maximum atomic E-state index is 12.1. The van der Waals surface area contributed by atoms with E-state index in [-0.39, 0.29) is 5.91 Å². The molecule has 1 N–H and O–H groups in total. The van der Waals surface area contributed by atoms with Crippen LogP contribution in [0.1, 0.15) is 27.0 Å². The van der Waals surface area contributed by atoms with Crippen LogP contribution < -0.4 is 10.2 Å². The largest absolute Gasteiger partial charge is 0.489 e. The highest BCUT2D eigenvalue weighted by atomic mass is 35.5. The van der Waals surface area contributed by atoms with Gasteiger partial charge in [-0.05, 0) is 60.5 Å². The molecule has 0 atom stereocenters. The number of hydrogen-bond donors (Lipinski definition) is 1. The summed E-state index contributed by atoms with van der Waals surface area (Å²) < 4.78 is 5.74. The van der Waals surface area contributed by atoms with E-state index in [9.17, 15) is 4.79 Å². The van der Waals surface area contributed by atoms with Gasteiger partial charge >= 0.3 is 0 Å². The molecule has 6 heteroatoms. The van der Waals surface area contributed by atoms with Crippen molar-refractivity contribution >= 4 is 35.3 Å². The van der Waals surface area contributed by atoms with Crippen LogP contribution in [-0.4, -0.2) is 12.1 Å². The molecular weight excluding hydrogens is 395 g/mol. The third-order valence-corrected chi connectivity index (χ3v) is 4.65. The number of hydrazone groups is 1. The second-order valence-electron chi connectivity index (χ2n) is 6.11. The molecule has 0 fully saturated rings. The van der Waals surface area contributed by atoms with Gasteiger partial charge in [0.15, 0.2) is 0 Å². The zero-order chi connectivity index (χ0) is 19.9. The SMILES string of the molecule is Cc1ccccc1C(=O)N/N=C/c1ccc(OCc2ccc(Cl)cc2Cl)cc1. The van der Waals surface area contributed by atoms with Crippen molar-refractivity contribution in [2.24, 2.45) is 5.10 Å². The molecule has 0 bridgehead atoms. The van der Waals surface area contributed by atoms with Crippen molar-refractivity contribution < 1.29 is 9.53 Å². The van der Waals surface area contributed by atoms with E-state index >= 15 is 0 Å². The van der Waals surface area contributed by atoms with Gasteiger partial charge in [-0.15, -0.1) is 0 Å². The van der Waals surface area contributed by atoms with E-state index in [1.165, 1.54) is 0 Å². The molecule has 0 saturated carbocycles. The molecule has 0 aliphatic heterocycles. The minimum Gasteiger partial charge on any atom is -0.489 e. The number of ether oxygens (including phenoxy) is 1. The van der Waals surface area contributed by atoms with Crippen molar-refractivity contribution in [2.75, 3.05) is 0 Å². The van der Waals surface area contributed by atoms with Crippen LogP contribution in [0.25, 0.3) is 0 Å². The monoisotopic (exact) mass is 412 g/mol. The van der Waals surface area contributed by atoms with Gasteiger partial charge in [-0.3, -0.25) is 4.79 Å². The van der Waals surface area contributed by atoms with Crippen molar-refractivity contribution in [3.05, 3.63) is 99.0 Å². The molecule has 3 aromatic carbocycles. The van der Waals surface area contributed by atoms with Gasteiger partial charge in [0.05, 0.1) is 6.21 Å². The number of benzene rings is 3. The molecule has 3 aromatic rings. The fraction of sp³-hybridized carbons (Fsp3) is 0.0909. The van der Waals surface area contributed by atoms with Crippen LogP contribution in [0.15, 0.2) is 71.8 Å². The third kappa shape index (κ3) is 5.35. The Labute approximate surface area is 173 Å². The van der Waals surface area contributed by atoms with E-state index in [1.807, 2.05) is 55.5 Å². The van der Waals surface area contributed by atoms with Crippen LogP contribution >= 0.6 is 23.2 Å². The van der Waals surface area contributed by atoms with Gasteiger partial charge in [-0.25, -0.2) is 5.43 Å². The predicted octanol–water partition coefficient (Wildman–Crippen LogP) is 5.64. The lowest BCUT2D eigenvalue weighted by Crippen LogP contribution is -2.18. The van der Waals surface area contributed by atoms with E-state index in [0.717, 1.165) is 16.7 Å². The molecule has 0 aromatic heterocycles. The lowest BCUT2D eigenvalue weighted by Gasteiger charge is -2.08. The molecule has 28 heavy (non-hydrogen) atoms. The predicted molar refractivity (Wildman–Crippen MR) is 113 cm³/mol. The topological polar surface area (TPSA) is 50.7 Å². The molecule has 0 aliphatic rings. The third-order valence-electron chi connectivity index (χ3n) is 4.06. The quantitative estimate of drug-likeness (QED) is 0.420. The summed E-state index contributed by atoms with van der Waals surface area (Å²) in [5, 5.41) is 5.17. The summed E-state index contributed by atoms with van der Waals surface area (Å²) >= 11 is 12.0. The van der Waals surface area contributed by atoms with Gasteiger partial charge in [0.2, 0.25) is 0 Å². The van der Waals surface area contributed by atoms with E-state index < -0.39 is 0 Å². The van der Waals surface area contributed by atoms with Crippen molar-refractivity contribution in [3.63, 3.8) is 0 Å². The van der Waals surface area contributed by atoms with Crippen molar-refractivity contribution in [3.8, 4) is 5.75 Å². The molecular formula is C22H18Cl2N2O2. The number of carbonyl (C=O) groups excluding carboxylic acids is 1. The summed E-state index contributed by atoms with van der Waals surface area (Å²) in [6.45, 7) is 2.23. The van der Waals surface area contributed by atoms with Crippen LogP contribution in [0.5, 0.6) is 5.75 Å². The van der Waals surface area contributed by atoms with Gasteiger partial charge in [0, 0.05) is 21.2 Å². The molecule has 0 spiro atoms. The summed E-state index contributed by atoms with van der Waals surface area (Å²) in [7, 11) is 0. The summed E-state index contributed by atoms with van der Waals surface area (Å²) in [4.78, 5) is 12.1. The lowest BCUT2D eigenvalue weighted by atomic mass is 10.1. The van der Waals surface area contributed by atoms with Gasteiger partial charge < -0.3 is 4.74 Å². The van der Waals surface area contributed by atoms with Crippen LogP contribution in [0.4, 0.5) is 0 Å². The zero-order valence-corrected chi connectivity index (χ0v) is 16.7. The van der Waals surface area contributed by atoms with Crippen LogP contribution in [0, 0.1) is 6.92 Å². The fourth-order valence-corrected chi connectivity index (χ4v) is 2.97. The van der Waals surface area contributed by atoms with E-state index in [4.69, 9.17) is 27.9 Å². The van der Waals surface area contributed by atoms with E-state index in [0.29, 0.717) is 28.0 Å². The normalized spacial score (nSPS) is 10.8. The Hall–Kier alpha value is -2.82. The number of hydrogen-bond acceptors (Lipinski definition) is 3. The maximum absolute atomic E-state index is 12.1. The molecule has 0 radical (unpaired) electrons. The second kappa shape index (κ2) is 9.40. The van der Waals surface area contributed by atoms with Crippen molar-refractivity contribution in [2.45, 2.75) is 13.5 Å². The first kappa shape index (κ1) is 19.9. The molecule has 0 unspecified atom stereocenters. The van der Waals surface area contributed by atoms with Crippen molar-refractivity contribution in [1.82, 2.24) is 5.43 Å². The van der Waals surface area contributed by atoms with Gasteiger partial charge in [0.1, 0.15) is 12.4 Å². The number of rotatable bonds is 6. The molecule has 4 nitrogen and oxygen atoms in total. The maximum Gasteiger partial charge on any atom is 0.271 e. The molecule has 142 valence electrons. The molecule has 1 amide bonds. The average molecular weight is 413 g/mol. The molecule has 0 aliphatic carbocycles. The van der Waals surface area contributed by atoms with Crippen LogP contribution in [0.3, 0.4) is 0 Å². The highest BCUT2D eigenvalue weighted by Gasteiger charge is 2.06. The second-order valence-corrected chi connectivity index (χ2v) is 6.95. The van der Waals surface area contributed by atoms with Crippen molar-refractivity contribution in [1.29, 1.82) is 0 Å². The smallest absolute Gasteiger partial charge is 0.271 e. The first-order valence-electron chi connectivity index (χ1n) is 8.59. The number of nitrogens with zero attached hydrogens (tertiary/aromatic N) is 1. The van der Waals surface area contributed by atoms with Crippen LogP contribution in [-0.2, 0) is 6.61 Å². The Bertz CT molecular complexity index is 1000. The number of aryl methyl sites for hydroxylation is 1. The number of carbonyl (C=O) groups is 1. The Morgan fingerprint density at radius 2 is 1.82 bits per heavy atom. The highest BCUT2D eigenvalue weighted by Crippen LogP contribution is 2.22. The average Bonchev–Trinajstić information content (AvgIpc) is 2.68. The number of halogens is 2. The van der Waals surface area contributed by atoms with Crippen LogP contribution in [0.2, 0.25) is 10.0 Å². The first-order chi connectivity index (χ1) is 13.5. The Balaban J connectivity index is 1.54.